The summed E-state index contributed by atoms with van der Waals surface area (Å²) in [6, 6.07) is 9.28. The van der Waals surface area contributed by atoms with Crippen molar-refractivity contribution in [3.05, 3.63) is 36.0 Å². The summed E-state index contributed by atoms with van der Waals surface area (Å²) in [5, 5.41) is 5.10. The lowest BCUT2D eigenvalue weighted by Crippen LogP contribution is -2.43. The lowest BCUT2D eigenvalue weighted by atomic mass is 10.1. The van der Waals surface area contributed by atoms with Crippen molar-refractivity contribution < 1.29 is 0 Å². The van der Waals surface area contributed by atoms with Gasteiger partial charge in [-0.1, -0.05) is 18.2 Å². The molecule has 1 unspecified atom stereocenters. The molecule has 0 saturated carbocycles. The molecule has 0 amide bonds. The van der Waals surface area contributed by atoms with E-state index in [-0.39, 0.29) is 0 Å². The fourth-order valence-electron chi connectivity index (χ4n) is 3.15. The van der Waals surface area contributed by atoms with E-state index < -0.39 is 0 Å². The summed E-state index contributed by atoms with van der Waals surface area (Å²) < 4.78 is 2.22. The second kappa shape index (κ2) is 5.35. The quantitative estimate of drug-likeness (QED) is 0.911. The SMILES string of the molecule is CN1CCCC(NCc2cn(C)c3ccccc23)C1. The minimum atomic E-state index is 0.637. The van der Waals surface area contributed by atoms with Gasteiger partial charge >= 0.3 is 0 Å². The monoisotopic (exact) mass is 257 g/mol. The summed E-state index contributed by atoms with van der Waals surface area (Å²) in [5.41, 5.74) is 2.73. The standard InChI is InChI=1S/C16H23N3/c1-18-9-5-6-14(12-18)17-10-13-11-19(2)16-8-4-3-7-15(13)16/h3-4,7-8,11,14,17H,5-6,9-10,12H2,1-2H3. The Hall–Kier alpha value is -1.32. The van der Waals surface area contributed by atoms with Gasteiger partial charge in [-0.3, -0.25) is 0 Å². The van der Waals surface area contributed by atoms with Crippen molar-refractivity contribution in [1.82, 2.24) is 14.8 Å². The van der Waals surface area contributed by atoms with Crippen LogP contribution in [0.25, 0.3) is 10.9 Å². The average molecular weight is 257 g/mol. The number of likely N-dealkylation sites (N-methyl/N-ethyl adjacent to an activating group) is 1. The number of nitrogens with zero attached hydrogens (tertiary/aromatic N) is 2. The van der Waals surface area contributed by atoms with E-state index in [9.17, 15) is 0 Å². The molecule has 0 aliphatic carbocycles. The summed E-state index contributed by atoms with van der Waals surface area (Å²) in [4.78, 5) is 2.42. The number of nitrogens with one attached hydrogen (secondary N) is 1. The Labute approximate surface area is 115 Å². The number of rotatable bonds is 3. The van der Waals surface area contributed by atoms with E-state index in [2.05, 4.69) is 59.3 Å². The first-order valence-electron chi connectivity index (χ1n) is 7.19. The van der Waals surface area contributed by atoms with Crippen LogP contribution in [-0.4, -0.2) is 35.6 Å². The third-order valence-electron chi connectivity index (χ3n) is 4.19. The number of fused-ring (bicyclic) bond motifs is 1. The molecule has 1 saturated heterocycles. The number of aromatic nitrogens is 1. The van der Waals surface area contributed by atoms with Gasteiger partial charge in [0.05, 0.1) is 0 Å². The maximum Gasteiger partial charge on any atom is 0.0481 e. The van der Waals surface area contributed by atoms with E-state index in [1.807, 2.05) is 0 Å². The molecule has 102 valence electrons. The Morgan fingerprint density at radius 2 is 2.11 bits per heavy atom. The van der Waals surface area contributed by atoms with Gasteiger partial charge in [-0.25, -0.2) is 0 Å². The lowest BCUT2D eigenvalue weighted by Gasteiger charge is -2.30. The van der Waals surface area contributed by atoms with Crippen LogP contribution in [0.2, 0.25) is 0 Å². The molecule has 3 rings (SSSR count). The Kier molecular flexibility index (Phi) is 3.58. The third kappa shape index (κ3) is 2.67. The first-order chi connectivity index (χ1) is 9.24. The normalized spacial score (nSPS) is 21.1. The van der Waals surface area contributed by atoms with Crippen LogP contribution in [-0.2, 0) is 13.6 Å². The second-order valence-corrected chi connectivity index (χ2v) is 5.76. The van der Waals surface area contributed by atoms with E-state index in [0.717, 1.165) is 6.54 Å². The topological polar surface area (TPSA) is 20.2 Å². The predicted octanol–water partition coefficient (Wildman–Crippen LogP) is 2.36. The molecular weight excluding hydrogens is 234 g/mol. The van der Waals surface area contributed by atoms with Crippen LogP contribution in [0.1, 0.15) is 18.4 Å². The fourth-order valence-corrected chi connectivity index (χ4v) is 3.15. The largest absolute Gasteiger partial charge is 0.350 e. The van der Waals surface area contributed by atoms with Gasteiger partial charge < -0.3 is 14.8 Å². The number of benzene rings is 1. The molecular formula is C16H23N3. The smallest absolute Gasteiger partial charge is 0.0481 e. The van der Waals surface area contributed by atoms with Gasteiger partial charge in [-0.15, -0.1) is 0 Å². The van der Waals surface area contributed by atoms with E-state index >= 15 is 0 Å². The summed E-state index contributed by atoms with van der Waals surface area (Å²) >= 11 is 0. The van der Waals surface area contributed by atoms with Gasteiger partial charge in [0.15, 0.2) is 0 Å². The molecule has 2 heterocycles. The zero-order valence-corrected chi connectivity index (χ0v) is 11.9. The molecule has 0 spiro atoms. The van der Waals surface area contributed by atoms with Gasteiger partial charge in [0.2, 0.25) is 0 Å². The molecule has 0 radical (unpaired) electrons. The molecule has 1 aromatic carbocycles. The van der Waals surface area contributed by atoms with Crippen LogP contribution >= 0.6 is 0 Å². The summed E-state index contributed by atoms with van der Waals surface area (Å²) in [6.45, 7) is 3.39. The van der Waals surface area contributed by atoms with Crippen molar-refractivity contribution >= 4 is 10.9 Å². The van der Waals surface area contributed by atoms with Crippen molar-refractivity contribution in [1.29, 1.82) is 0 Å². The van der Waals surface area contributed by atoms with Crippen molar-refractivity contribution in [2.45, 2.75) is 25.4 Å². The van der Waals surface area contributed by atoms with Crippen LogP contribution in [0.5, 0.6) is 0 Å². The number of para-hydroxylation sites is 1. The van der Waals surface area contributed by atoms with Crippen LogP contribution in [0.3, 0.4) is 0 Å². The van der Waals surface area contributed by atoms with Crippen LogP contribution in [0.15, 0.2) is 30.5 Å². The molecule has 1 N–H and O–H groups in total. The zero-order chi connectivity index (χ0) is 13.2. The number of likely N-dealkylation sites (tertiary alicyclic amines) is 1. The molecule has 2 aromatic rings. The van der Waals surface area contributed by atoms with Gasteiger partial charge in [0.1, 0.15) is 0 Å². The van der Waals surface area contributed by atoms with Gasteiger partial charge in [0.25, 0.3) is 0 Å². The summed E-state index contributed by atoms with van der Waals surface area (Å²) in [5.74, 6) is 0. The Morgan fingerprint density at radius 3 is 2.95 bits per heavy atom. The van der Waals surface area contributed by atoms with E-state index in [0.29, 0.717) is 6.04 Å². The maximum atomic E-state index is 3.72. The third-order valence-corrected chi connectivity index (χ3v) is 4.19. The summed E-state index contributed by atoms with van der Waals surface area (Å²) in [7, 11) is 4.34. The predicted molar refractivity (Wildman–Crippen MR) is 80.3 cm³/mol. The highest BCUT2D eigenvalue weighted by molar-refractivity contribution is 5.83. The van der Waals surface area contributed by atoms with E-state index in [1.54, 1.807) is 0 Å². The highest BCUT2D eigenvalue weighted by Gasteiger charge is 2.16. The van der Waals surface area contributed by atoms with Crippen molar-refractivity contribution in [2.24, 2.45) is 7.05 Å². The van der Waals surface area contributed by atoms with E-state index in [4.69, 9.17) is 0 Å². The molecule has 1 aliphatic heterocycles. The molecule has 19 heavy (non-hydrogen) atoms. The zero-order valence-electron chi connectivity index (χ0n) is 11.9. The molecule has 1 aromatic heterocycles. The highest BCUT2D eigenvalue weighted by Crippen LogP contribution is 2.20. The van der Waals surface area contributed by atoms with Crippen molar-refractivity contribution in [2.75, 3.05) is 20.1 Å². The van der Waals surface area contributed by atoms with E-state index in [1.165, 1.54) is 42.4 Å². The second-order valence-electron chi connectivity index (χ2n) is 5.76. The minimum absolute atomic E-state index is 0.637. The molecule has 3 nitrogen and oxygen atoms in total. The van der Waals surface area contributed by atoms with Crippen LogP contribution in [0, 0.1) is 0 Å². The average Bonchev–Trinajstić information content (AvgIpc) is 2.74. The number of hydrogen-bond donors (Lipinski definition) is 1. The van der Waals surface area contributed by atoms with Crippen LogP contribution in [0.4, 0.5) is 0 Å². The highest BCUT2D eigenvalue weighted by atomic mass is 15.1. The van der Waals surface area contributed by atoms with Crippen molar-refractivity contribution in [3.63, 3.8) is 0 Å². The minimum Gasteiger partial charge on any atom is -0.350 e. The van der Waals surface area contributed by atoms with Gasteiger partial charge in [0, 0.05) is 43.3 Å². The maximum absolute atomic E-state index is 3.72. The molecule has 0 bridgehead atoms. The number of hydrogen-bond acceptors (Lipinski definition) is 2. The van der Waals surface area contributed by atoms with Crippen LogP contribution < -0.4 is 5.32 Å². The number of piperidine rings is 1. The molecule has 1 fully saturated rings. The Bertz CT molecular complexity index is 558. The molecule has 3 heteroatoms. The Morgan fingerprint density at radius 1 is 1.26 bits per heavy atom. The number of aryl methyl sites for hydroxylation is 1. The van der Waals surface area contributed by atoms with Gasteiger partial charge in [-0.05, 0) is 38.1 Å². The first-order valence-corrected chi connectivity index (χ1v) is 7.19. The summed E-state index contributed by atoms with van der Waals surface area (Å²) in [6.07, 6.45) is 4.86. The Balaban J connectivity index is 1.71. The first kappa shape index (κ1) is 12.7. The fraction of sp³-hybridized carbons (Fsp3) is 0.500. The van der Waals surface area contributed by atoms with Gasteiger partial charge in [-0.2, -0.15) is 0 Å². The molecule has 1 atom stereocenters. The molecule has 1 aliphatic rings. The lowest BCUT2D eigenvalue weighted by molar-refractivity contribution is 0.226. The van der Waals surface area contributed by atoms with Crippen molar-refractivity contribution in [3.8, 4) is 0 Å².